The topological polar surface area (TPSA) is 110 Å². The predicted molar refractivity (Wildman–Crippen MR) is 134 cm³/mol. The van der Waals surface area contributed by atoms with Gasteiger partial charge in [-0.1, -0.05) is 44.9 Å². The van der Waals surface area contributed by atoms with Gasteiger partial charge in [0.25, 0.3) is 0 Å². The second kappa shape index (κ2) is 10.6. The van der Waals surface area contributed by atoms with Crippen molar-refractivity contribution in [3.63, 3.8) is 0 Å². The van der Waals surface area contributed by atoms with Crippen LogP contribution in [-0.4, -0.2) is 56.6 Å². The highest BCUT2D eigenvalue weighted by atomic mass is 32.3. The van der Waals surface area contributed by atoms with Crippen LogP contribution < -0.4 is 9.64 Å². The zero-order valence-electron chi connectivity index (χ0n) is 19.2. The van der Waals surface area contributed by atoms with E-state index in [0.717, 1.165) is 29.8 Å². The van der Waals surface area contributed by atoms with Crippen LogP contribution >= 0.6 is 22.4 Å². The van der Waals surface area contributed by atoms with Crippen molar-refractivity contribution in [1.29, 1.82) is 0 Å². The lowest BCUT2D eigenvalue weighted by atomic mass is 9.86. The van der Waals surface area contributed by atoms with E-state index in [4.69, 9.17) is 9.84 Å². The summed E-state index contributed by atoms with van der Waals surface area (Å²) in [7, 11) is -3.17. The SMILES string of the molecule is CCCC[C@]1(C)CN(c2ccccc2)c2cc(SC)c(OC[C@H](O)C(=O)O)cc2S(O)(O)C1. The van der Waals surface area contributed by atoms with Crippen LogP contribution in [0.2, 0.25) is 0 Å². The van der Waals surface area contributed by atoms with Gasteiger partial charge < -0.3 is 19.8 Å². The number of ether oxygens (including phenoxy) is 1. The normalized spacial score (nSPS) is 21.6. The van der Waals surface area contributed by atoms with Gasteiger partial charge in [0.15, 0.2) is 6.10 Å². The molecule has 2 aromatic rings. The fourth-order valence-electron chi connectivity index (χ4n) is 4.18. The summed E-state index contributed by atoms with van der Waals surface area (Å²) < 4.78 is 28.4. The molecule has 9 heteroatoms. The molecule has 33 heavy (non-hydrogen) atoms. The summed E-state index contributed by atoms with van der Waals surface area (Å²) in [6.07, 6.45) is 3.07. The molecule has 1 aliphatic heterocycles. The third-order valence-corrected chi connectivity index (χ3v) is 8.75. The molecule has 7 nitrogen and oxygen atoms in total. The number of hydrogen-bond acceptors (Lipinski definition) is 7. The Kier molecular flexibility index (Phi) is 8.23. The number of hydrogen-bond donors (Lipinski definition) is 4. The number of aliphatic carboxylic acids is 1. The minimum atomic E-state index is -3.17. The molecule has 0 saturated carbocycles. The van der Waals surface area contributed by atoms with Gasteiger partial charge in [0.05, 0.1) is 15.5 Å². The lowest BCUT2D eigenvalue weighted by Crippen LogP contribution is -2.35. The van der Waals surface area contributed by atoms with Crippen LogP contribution in [0.15, 0.2) is 52.3 Å². The lowest BCUT2D eigenvalue weighted by Gasteiger charge is -2.39. The van der Waals surface area contributed by atoms with E-state index in [-0.39, 0.29) is 11.2 Å². The molecule has 0 fully saturated rings. The Bertz CT molecular complexity index is 971. The zero-order valence-corrected chi connectivity index (χ0v) is 20.9. The third kappa shape index (κ3) is 5.96. The number of thioether (sulfide) groups is 1. The summed E-state index contributed by atoms with van der Waals surface area (Å²) in [6, 6.07) is 13.4. The van der Waals surface area contributed by atoms with Crippen LogP contribution in [0.4, 0.5) is 11.4 Å². The number of carboxylic acid groups (broad SMARTS) is 1. The van der Waals surface area contributed by atoms with E-state index in [9.17, 15) is 19.0 Å². The van der Waals surface area contributed by atoms with Crippen molar-refractivity contribution in [3.8, 4) is 5.75 Å². The van der Waals surface area contributed by atoms with Gasteiger partial charge in [0.1, 0.15) is 12.4 Å². The number of benzene rings is 2. The number of rotatable bonds is 9. The van der Waals surface area contributed by atoms with Crippen LogP contribution in [0.3, 0.4) is 0 Å². The minimum Gasteiger partial charge on any atom is -0.489 e. The number of aliphatic hydroxyl groups is 1. The molecule has 1 heterocycles. The van der Waals surface area contributed by atoms with E-state index in [2.05, 4.69) is 18.7 Å². The van der Waals surface area contributed by atoms with Crippen molar-refractivity contribution in [2.45, 2.75) is 49.0 Å². The highest BCUT2D eigenvalue weighted by Gasteiger charge is 2.40. The number of fused-ring (bicyclic) bond motifs is 1. The Morgan fingerprint density at radius 1 is 1.27 bits per heavy atom. The number of nitrogens with zero attached hydrogens (tertiary/aromatic N) is 1. The highest BCUT2D eigenvalue weighted by Crippen LogP contribution is 2.61. The van der Waals surface area contributed by atoms with Crippen LogP contribution in [-0.2, 0) is 4.79 Å². The number of carbonyl (C=O) groups is 1. The molecule has 0 radical (unpaired) electrons. The van der Waals surface area contributed by atoms with Crippen LogP contribution in [0.25, 0.3) is 0 Å². The van der Waals surface area contributed by atoms with Crippen molar-refractivity contribution in [3.05, 3.63) is 42.5 Å². The first-order valence-corrected chi connectivity index (χ1v) is 13.9. The van der Waals surface area contributed by atoms with Crippen molar-refractivity contribution in [2.24, 2.45) is 5.41 Å². The Labute approximate surface area is 201 Å². The fraction of sp³-hybridized carbons (Fsp3) is 0.458. The maximum atomic E-state index is 11.4. The number of unbranched alkanes of at least 4 members (excludes halogenated alkanes) is 1. The molecule has 4 N–H and O–H groups in total. The van der Waals surface area contributed by atoms with Gasteiger partial charge in [-0.05, 0) is 30.9 Å². The van der Waals surface area contributed by atoms with Crippen molar-refractivity contribution in [2.75, 3.05) is 30.1 Å². The number of aliphatic hydroxyl groups excluding tert-OH is 1. The van der Waals surface area contributed by atoms with E-state index in [0.29, 0.717) is 22.9 Å². The summed E-state index contributed by atoms with van der Waals surface area (Å²) in [5.74, 6) is -0.819. The smallest absolute Gasteiger partial charge is 0.336 e. The molecule has 3 rings (SSSR count). The minimum absolute atomic E-state index is 0.228. The molecule has 0 saturated heterocycles. The summed E-state index contributed by atoms with van der Waals surface area (Å²) in [6.45, 7) is 4.43. The second-order valence-electron chi connectivity index (χ2n) is 8.78. The number of carboxylic acids is 1. The maximum absolute atomic E-state index is 11.4. The first-order chi connectivity index (χ1) is 15.6. The van der Waals surface area contributed by atoms with Crippen molar-refractivity contribution < 1.29 is 28.8 Å². The molecule has 0 amide bonds. The van der Waals surface area contributed by atoms with E-state index < -0.39 is 29.3 Å². The average molecular weight is 496 g/mol. The van der Waals surface area contributed by atoms with Gasteiger partial charge in [-0.2, -0.15) is 10.6 Å². The van der Waals surface area contributed by atoms with Crippen molar-refractivity contribution in [1.82, 2.24) is 0 Å². The predicted octanol–water partition coefficient (Wildman–Crippen LogP) is 5.69. The quantitative estimate of drug-likeness (QED) is 0.328. The monoisotopic (exact) mass is 495 g/mol. The average Bonchev–Trinajstić information content (AvgIpc) is 2.87. The summed E-state index contributed by atoms with van der Waals surface area (Å²) in [5, 5.41) is 18.6. The molecule has 2 atom stereocenters. The largest absolute Gasteiger partial charge is 0.489 e. The Balaban J connectivity index is 2.13. The second-order valence-corrected chi connectivity index (χ2v) is 11.7. The van der Waals surface area contributed by atoms with Gasteiger partial charge in [0, 0.05) is 29.5 Å². The summed E-state index contributed by atoms with van der Waals surface area (Å²) >= 11 is 1.41. The molecule has 2 aromatic carbocycles. The van der Waals surface area contributed by atoms with Gasteiger partial charge in [-0.25, -0.2) is 4.79 Å². The van der Waals surface area contributed by atoms with E-state index in [1.807, 2.05) is 42.7 Å². The van der Waals surface area contributed by atoms with E-state index in [1.54, 1.807) is 6.07 Å². The first-order valence-electron chi connectivity index (χ1n) is 10.9. The Hall–Kier alpha value is -1.91. The molecule has 0 aliphatic carbocycles. The number of para-hydroxylation sites is 1. The molecular weight excluding hydrogens is 462 g/mol. The molecular formula is C24H33NO6S2. The first kappa shape index (κ1) is 25.7. The zero-order chi connectivity index (χ0) is 24.2. The molecule has 1 aliphatic rings. The van der Waals surface area contributed by atoms with Gasteiger partial charge in [-0.3, -0.25) is 9.11 Å². The van der Waals surface area contributed by atoms with Crippen molar-refractivity contribution >= 4 is 39.7 Å². The molecule has 0 spiro atoms. The van der Waals surface area contributed by atoms with Crippen LogP contribution in [0, 0.1) is 5.41 Å². The lowest BCUT2D eigenvalue weighted by molar-refractivity contribution is -0.148. The van der Waals surface area contributed by atoms with Gasteiger partial charge in [-0.15, -0.1) is 11.8 Å². The molecule has 182 valence electrons. The highest BCUT2D eigenvalue weighted by molar-refractivity contribution is 8.24. The third-order valence-electron chi connectivity index (χ3n) is 5.86. The van der Waals surface area contributed by atoms with Gasteiger partial charge >= 0.3 is 5.97 Å². The van der Waals surface area contributed by atoms with E-state index in [1.165, 1.54) is 11.8 Å². The summed E-state index contributed by atoms with van der Waals surface area (Å²) in [4.78, 5) is 14.2. The standard InChI is InChI=1S/C24H33NO6S2/c1-4-5-11-24(2)15-25(17-9-7-6-8-10-17)18-12-21(32-3)20(31-14-19(26)23(27)28)13-22(18)33(29,30)16-24/h6-10,12-13,19,26,29-30H,4-5,11,14-16H2,1-3H3,(H,27,28)/t19-,24+/m0/s1. The Morgan fingerprint density at radius 3 is 2.58 bits per heavy atom. The van der Waals surface area contributed by atoms with Gasteiger partial charge in [0.2, 0.25) is 0 Å². The Morgan fingerprint density at radius 2 is 1.97 bits per heavy atom. The van der Waals surface area contributed by atoms with Crippen LogP contribution in [0.5, 0.6) is 5.75 Å². The fourth-order valence-corrected chi connectivity index (χ4v) is 6.90. The summed E-state index contributed by atoms with van der Waals surface area (Å²) in [5.41, 5.74) is 1.33. The van der Waals surface area contributed by atoms with E-state index >= 15 is 0 Å². The number of anilines is 2. The molecule has 0 bridgehead atoms. The molecule has 0 aromatic heterocycles. The van der Waals surface area contributed by atoms with Crippen LogP contribution in [0.1, 0.15) is 33.1 Å². The molecule has 0 unspecified atom stereocenters. The maximum Gasteiger partial charge on any atom is 0.336 e.